The maximum Gasteiger partial charge on any atom is 0.407 e. The number of piperazine rings is 1. The number of hydrogen-bond donors (Lipinski definition) is 1. The Labute approximate surface area is 186 Å². The van der Waals surface area contributed by atoms with E-state index < -0.39 is 37.0 Å². The van der Waals surface area contributed by atoms with E-state index in [2.05, 4.69) is 4.98 Å². The molecule has 1 aromatic carbocycles. The highest BCUT2D eigenvalue weighted by Crippen LogP contribution is 2.44. The first-order chi connectivity index (χ1) is 15.3. The summed E-state index contributed by atoms with van der Waals surface area (Å²) in [7, 11) is 0. The van der Waals surface area contributed by atoms with Gasteiger partial charge in [-0.2, -0.15) is 26.3 Å². The quantitative estimate of drug-likeness (QED) is 0.613. The van der Waals surface area contributed by atoms with E-state index in [1.807, 2.05) is 31.2 Å². The van der Waals surface area contributed by atoms with Crippen LogP contribution in [0.2, 0.25) is 0 Å². The Bertz CT molecular complexity index is 994. The van der Waals surface area contributed by atoms with Crippen LogP contribution in [0.4, 0.5) is 31.1 Å². The van der Waals surface area contributed by atoms with Crippen LogP contribution in [0.5, 0.6) is 0 Å². The molecule has 11 heteroatoms. The number of aryl methyl sites for hydroxylation is 2. The molecule has 33 heavy (non-hydrogen) atoms. The van der Waals surface area contributed by atoms with Crippen molar-refractivity contribution in [3.63, 3.8) is 0 Å². The van der Waals surface area contributed by atoms with Crippen molar-refractivity contribution in [2.75, 3.05) is 19.6 Å². The van der Waals surface area contributed by atoms with Gasteiger partial charge in [-0.25, -0.2) is 4.79 Å². The molecule has 2 heterocycles. The van der Waals surface area contributed by atoms with Crippen LogP contribution in [0.15, 0.2) is 36.4 Å². The minimum absolute atomic E-state index is 0.200. The lowest BCUT2D eigenvalue weighted by molar-refractivity contribution is -0.302. The van der Waals surface area contributed by atoms with E-state index in [0.29, 0.717) is 16.3 Å². The van der Waals surface area contributed by atoms with E-state index in [9.17, 15) is 31.1 Å². The fraction of sp³-hybridized carbons (Fsp3) is 0.455. The van der Waals surface area contributed by atoms with Crippen LogP contribution >= 0.6 is 0 Å². The number of rotatable bonds is 4. The normalized spacial score (nSPS) is 18.1. The average molecular weight is 475 g/mol. The summed E-state index contributed by atoms with van der Waals surface area (Å²) in [5.74, 6) is -3.68. The average Bonchev–Trinajstić information content (AvgIpc) is 2.68. The molecule has 0 radical (unpaired) electrons. The summed E-state index contributed by atoms with van der Waals surface area (Å²) in [6.45, 7) is 1.99. The zero-order chi connectivity index (χ0) is 24.6. The van der Waals surface area contributed by atoms with E-state index in [-0.39, 0.29) is 19.6 Å². The summed E-state index contributed by atoms with van der Waals surface area (Å²) in [5, 5.41) is 9.15. The van der Waals surface area contributed by atoms with Crippen molar-refractivity contribution < 1.29 is 36.2 Å². The summed E-state index contributed by atoms with van der Waals surface area (Å²) >= 11 is 0. The molecule has 180 valence electrons. The maximum absolute atomic E-state index is 13.5. The van der Waals surface area contributed by atoms with Gasteiger partial charge in [0, 0.05) is 43.5 Å². The van der Waals surface area contributed by atoms with Crippen molar-refractivity contribution in [2.45, 2.75) is 38.8 Å². The third-order valence-electron chi connectivity index (χ3n) is 5.84. The first kappa shape index (κ1) is 24.8. The fourth-order valence-corrected chi connectivity index (χ4v) is 4.22. The predicted molar refractivity (Wildman–Crippen MR) is 109 cm³/mol. The summed E-state index contributed by atoms with van der Waals surface area (Å²) in [6, 6.07) is 8.76. The molecular weight excluding hydrogens is 452 g/mol. The van der Waals surface area contributed by atoms with Gasteiger partial charge in [-0.3, -0.25) is 9.88 Å². The lowest BCUT2D eigenvalue weighted by Gasteiger charge is -2.44. The van der Waals surface area contributed by atoms with Crippen molar-refractivity contribution in [3.8, 4) is 11.1 Å². The Balaban J connectivity index is 1.92. The van der Waals surface area contributed by atoms with Crippen molar-refractivity contribution in [1.82, 2.24) is 14.8 Å². The molecule has 1 N–H and O–H groups in total. The molecule has 1 aliphatic heterocycles. The first-order valence-corrected chi connectivity index (χ1v) is 10.2. The maximum atomic E-state index is 13.5. The number of alkyl halides is 6. The van der Waals surface area contributed by atoms with Crippen molar-refractivity contribution in [3.05, 3.63) is 53.3 Å². The molecule has 0 saturated carbocycles. The van der Waals surface area contributed by atoms with Crippen LogP contribution in [0.3, 0.4) is 0 Å². The van der Waals surface area contributed by atoms with Gasteiger partial charge in [-0.05, 0) is 31.0 Å². The fourth-order valence-electron chi connectivity index (χ4n) is 4.22. The molecule has 1 aliphatic rings. The Kier molecular flexibility index (Phi) is 6.92. The van der Waals surface area contributed by atoms with Gasteiger partial charge in [-0.15, -0.1) is 0 Å². The number of hydrogen-bond acceptors (Lipinski definition) is 3. The lowest BCUT2D eigenvalue weighted by Crippen LogP contribution is -2.62. The third-order valence-corrected chi connectivity index (χ3v) is 5.84. The Morgan fingerprint density at radius 3 is 2.21 bits per heavy atom. The molecule has 1 fully saturated rings. The van der Waals surface area contributed by atoms with E-state index in [4.69, 9.17) is 5.11 Å². The number of carbonyl (C=O) groups is 1. The van der Waals surface area contributed by atoms with Gasteiger partial charge >= 0.3 is 18.4 Å². The molecule has 1 saturated heterocycles. The number of amides is 1. The minimum Gasteiger partial charge on any atom is -0.465 e. The zero-order valence-corrected chi connectivity index (χ0v) is 17.9. The number of aromatic nitrogens is 1. The summed E-state index contributed by atoms with van der Waals surface area (Å²) in [4.78, 5) is 17.3. The van der Waals surface area contributed by atoms with E-state index >= 15 is 0 Å². The molecule has 1 atom stereocenters. The monoisotopic (exact) mass is 475 g/mol. The number of carboxylic acid groups (broad SMARTS) is 1. The van der Waals surface area contributed by atoms with Gasteiger partial charge in [0.25, 0.3) is 0 Å². The van der Waals surface area contributed by atoms with Gasteiger partial charge in [0.15, 0.2) is 5.92 Å². The number of benzene rings is 1. The number of nitrogens with zero attached hydrogens (tertiary/aromatic N) is 3. The Morgan fingerprint density at radius 2 is 1.67 bits per heavy atom. The SMILES string of the molecule is Cc1ccccc1-c1ccc(CN2CCN(C(=O)O)CC2C(C(F)(F)F)C(F)(F)F)nc1C. The molecule has 0 bridgehead atoms. The van der Waals surface area contributed by atoms with Crippen LogP contribution in [0.1, 0.15) is 17.0 Å². The van der Waals surface area contributed by atoms with Crippen molar-refractivity contribution >= 4 is 6.09 Å². The molecule has 5 nitrogen and oxygen atoms in total. The Hall–Kier alpha value is -2.82. The highest BCUT2D eigenvalue weighted by molar-refractivity contribution is 5.69. The molecule has 1 aromatic heterocycles. The summed E-state index contributed by atoms with van der Waals surface area (Å²) < 4.78 is 80.7. The molecule has 0 spiro atoms. The molecule has 3 rings (SSSR count). The van der Waals surface area contributed by atoms with Crippen LogP contribution in [0, 0.1) is 19.8 Å². The van der Waals surface area contributed by atoms with Crippen molar-refractivity contribution in [2.24, 2.45) is 5.92 Å². The minimum atomic E-state index is -5.58. The van der Waals surface area contributed by atoms with E-state index in [1.54, 1.807) is 19.1 Å². The van der Waals surface area contributed by atoms with E-state index in [1.165, 1.54) is 0 Å². The van der Waals surface area contributed by atoms with Gasteiger partial charge in [0.2, 0.25) is 0 Å². The van der Waals surface area contributed by atoms with Crippen LogP contribution in [0.25, 0.3) is 11.1 Å². The molecule has 2 aromatic rings. The second-order valence-electron chi connectivity index (χ2n) is 8.08. The van der Waals surface area contributed by atoms with Gasteiger partial charge < -0.3 is 10.0 Å². The standard InChI is InChI=1S/C22H23F6N3O2/c1-13-5-3-4-6-16(13)17-8-7-15(29-14(17)2)11-30-9-10-31(20(32)33)12-18(30)19(21(23,24)25)22(26,27)28/h3-8,18-19H,9-12H2,1-2H3,(H,32,33). The molecular formula is C22H23F6N3O2. The smallest absolute Gasteiger partial charge is 0.407 e. The number of halogens is 6. The lowest BCUT2D eigenvalue weighted by atomic mass is 9.94. The third kappa shape index (κ3) is 5.58. The zero-order valence-electron chi connectivity index (χ0n) is 17.9. The van der Waals surface area contributed by atoms with Gasteiger partial charge in [0.05, 0.1) is 5.69 Å². The summed E-state index contributed by atoms with van der Waals surface area (Å²) in [5.41, 5.74) is 3.63. The van der Waals surface area contributed by atoms with Crippen molar-refractivity contribution in [1.29, 1.82) is 0 Å². The molecule has 1 unspecified atom stereocenters. The first-order valence-electron chi connectivity index (χ1n) is 10.2. The highest BCUT2D eigenvalue weighted by Gasteiger charge is 2.62. The van der Waals surface area contributed by atoms with Gasteiger partial charge in [-0.1, -0.05) is 30.3 Å². The largest absolute Gasteiger partial charge is 0.465 e. The van der Waals surface area contributed by atoms with E-state index in [0.717, 1.165) is 21.6 Å². The van der Waals surface area contributed by atoms with Gasteiger partial charge in [0.1, 0.15) is 0 Å². The second kappa shape index (κ2) is 9.20. The van der Waals surface area contributed by atoms with Crippen LogP contribution in [-0.2, 0) is 6.54 Å². The topological polar surface area (TPSA) is 56.7 Å². The Morgan fingerprint density at radius 1 is 1.03 bits per heavy atom. The summed E-state index contributed by atoms with van der Waals surface area (Å²) in [6.07, 6.45) is -12.7. The second-order valence-corrected chi connectivity index (χ2v) is 8.08. The van der Waals surface area contributed by atoms with Crippen LogP contribution < -0.4 is 0 Å². The highest BCUT2D eigenvalue weighted by atomic mass is 19.4. The molecule has 1 amide bonds. The predicted octanol–water partition coefficient (Wildman–Crippen LogP) is 5.27. The number of pyridine rings is 1. The van der Waals surface area contributed by atoms with Crippen LogP contribution in [-0.4, -0.2) is 64.0 Å². The molecule has 0 aliphatic carbocycles.